The van der Waals surface area contributed by atoms with Gasteiger partial charge in [-0.25, -0.2) is 4.98 Å². The summed E-state index contributed by atoms with van der Waals surface area (Å²) in [7, 11) is 0. The fourth-order valence-corrected chi connectivity index (χ4v) is 2.02. The zero-order valence-electron chi connectivity index (χ0n) is 6.20. The zero-order chi connectivity index (χ0) is 8.39. The standard InChI is InChI=1S/C9H6BrNS/c10-8-3-1-2-7(6-8)9-11-4-5-12-9/h1-6H. The number of halogens is 1. The van der Waals surface area contributed by atoms with Crippen molar-refractivity contribution in [3.05, 3.63) is 40.3 Å². The molecule has 2 rings (SSSR count). The van der Waals surface area contributed by atoms with E-state index in [4.69, 9.17) is 0 Å². The van der Waals surface area contributed by atoms with E-state index in [1.165, 1.54) is 5.56 Å². The Morgan fingerprint density at radius 1 is 1.33 bits per heavy atom. The van der Waals surface area contributed by atoms with Crippen LogP contribution in [0.2, 0.25) is 0 Å². The summed E-state index contributed by atoms with van der Waals surface area (Å²) < 4.78 is 1.09. The topological polar surface area (TPSA) is 12.9 Å². The van der Waals surface area contributed by atoms with Crippen molar-refractivity contribution in [2.45, 2.75) is 0 Å². The Hall–Kier alpha value is -0.670. The average molecular weight is 240 g/mol. The van der Waals surface area contributed by atoms with Crippen LogP contribution in [0.15, 0.2) is 40.3 Å². The predicted molar refractivity (Wildman–Crippen MR) is 55.3 cm³/mol. The minimum Gasteiger partial charge on any atom is -0.245 e. The molecule has 60 valence electrons. The lowest BCUT2D eigenvalue weighted by molar-refractivity contribution is 1.41. The van der Waals surface area contributed by atoms with Crippen molar-refractivity contribution in [1.82, 2.24) is 4.98 Å². The number of aromatic nitrogens is 1. The third-order valence-corrected chi connectivity index (χ3v) is 2.82. The van der Waals surface area contributed by atoms with Gasteiger partial charge in [0.1, 0.15) is 5.01 Å². The lowest BCUT2D eigenvalue weighted by atomic mass is 10.2. The summed E-state index contributed by atoms with van der Waals surface area (Å²) in [6, 6.07) is 8.15. The minimum absolute atomic E-state index is 1.07. The number of hydrogen-bond donors (Lipinski definition) is 0. The molecule has 0 saturated heterocycles. The summed E-state index contributed by atoms with van der Waals surface area (Å²) in [5.41, 5.74) is 1.17. The molecule has 0 spiro atoms. The summed E-state index contributed by atoms with van der Waals surface area (Å²) in [6.45, 7) is 0. The zero-order valence-corrected chi connectivity index (χ0v) is 8.60. The van der Waals surface area contributed by atoms with Crippen LogP contribution in [0.25, 0.3) is 10.6 Å². The number of benzene rings is 1. The fraction of sp³-hybridized carbons (Fsp3) is 0. The van der Waals surface area contributed by atoms with E-state index in [1.807, 2.05) is 23.7 Å². The Kier molecular flexibility index (Phi) is 2.23. The molecule has 2 aromatic rings. The molecule has 3 heteroatoms. The monoisotopic (exact) mass is 239 g/mol. The molecule has 12 heavy (non-hydrogen) atoms. The molecule has 0 unspecified atom stereocenters. The van der Waals surface area contributed by atoms with E-state index < -0.39 is 0 Å². The van der Waals surface area contributed by atoms with Crippen LogP contribution in [0.4, 0.5) is 0 Å². The van der Waals surface area contributed by atoms with Crippen molar-refractivity contribution < 1.29 is 0 Å². The molecular weight excluding hydrogens is 234 g/mol. The molecule has 0 N–H and O–H groups in total. The van der Waals surface area contributed by atoms with Gasteiger partial charge in [0.25, 0.3) is 0 Å². The molecule has 0 amide bonds. The van der Waals surface area contributed by atoms with Crippen molar-refractivity contribution >= 4 is 27.3 Å². The summed E-state index contributed by atoms with van der Waals surface area (Å²) in [5.74, 6) is 0. The van der Waals surface area contributed by atoms with Crippen molar-refractivity contribution in [2.75, 3.05) is 0 Å². The molecular formula is C9H6BrNS. The van der Waals surface area contributed by atoms with Gasteiger partial charge in [0, 0.05) is 21.6 Å². The van der Waals surface area contributed by atoms with Crippen LogP contribution >= 0.6 is 27.3 Å². The molecule has 0 aliphatic heterocycles. The summed E-state index contributed by atoms with van der Waals surface area (Å²) in [5, 5.41) is 3.05. The number of nitrogens with zero attached hydrogens (tertiary/aromatic N) is 1. The molecule has 1 heterocycles. The quantitative estimate of drug-likeness (QED) is 0.742. The van der Waals surface area contributed by atoms with Crippen LogP contribution in [0.5, 0.6) is 0 Å². The summed E-state index contributed by atoms with van der Waals surface area (Å²) in [4.78, 5) is 4.23. The fourth-order valence-electron chi connectivity index (χ4n) is 0.988. The van der Waals surface area contributed by atoms with Crippen LogP contribution < -0.4 is 0 Å². The number of rotatable bonds is 1. The molecule has 0 fully saturated rings. The first kappa shape index (κ1) is 7.95. The first-order valence-corrected chi connectivity index (χ1v) is 5.19. The van der Waals surface area contributed by atoms with Gasteiger partial charge in [0.05, 0.1) is 0 Å². The van der Waals surface area contributed by atoms with E-state index in [2.05, 4.69) is 33.0 Å². The smallest absolute Gasteiger partial charge is 0.123 e. The SMILES string of the molecule is Brc1cccc(-c2nccs2)c1. The maximum Gasteiger partial charge on any atom is 0.123 e. The normalized spacial score (nSPS) is 10.1. The summed E-state index contributed by atoms with van der Waals surface area (Å²) in [6.07, 6.45) is 1.82. The van der Waals surface area contributed by atoms with Crippen LogP contribution in [-0.2, 0) is 0 Å². The third kappa shape index (κ3) is 1.57. The first-order chi connectivity index (χ1) is 5.86. The highest BCUT2D eigenvalue weighted by Crippen LogP contribution is 2.24. The molecule has 1 nitrogen and oxygen atoms in total. The Morgan fingerprint density at radius 3 is 2.92 bits per heavy atom. The van der Waals surface area contributed by atoms with Gasteiger partial charge < -0.3 is 0 Å². The molecule has 0 saturated carbocycles. The first-order valence-electron chi connectivity index (χ1n) is 3.52. The minimum atomic E-state index is 1.07. The second kappa shape index (κ2) is 3.37. The second-order valence-corrected chi connectivity index (χ2v) is 4.16. The van der Waals surface area contributed by atoms with E-state index in [1.54, 1.807) is 11.3 Å². The Balaban J connectivity index is 2.48. The van der Waals surface area contributed by atoms with E-state index in [0.29, 0.717) is 0 Å². The Morgan fingerprint density at radius 2 is 2.25 bits per heavy atom. The molecule has 1 aromatic heterocycles. The van der Waals surface area contributed by atoms with Crippen LogP contribution in [0.1, 0.15) is 0 Å². The van der Waals surface area contributed by atoms with Gasteiger partial charge in [0.15, 0.2) is 0 Å². The molecule has 0 aliphatic carbocycles. The molecule has 0 radical (unpaired) electrons. The van der Waals surface area contributed by atoms with Crippen molar-refractivity contribution in [2.24, 2.45) is 0 Å². The van der Waals surface area contributed by atoms with Gasteiger partial charge >= 0.3 is 0 Å². The molecule has 1 aromatic carbocycles. The van der Waals surface area contributed by atoms with Gasteiger partial charge in [0.2, 0.25) is 0 Å². The number of thiazole rings is 1. The largest absolute Gasteiger partial charge is 0.245 e. The van der Waals surface area contributed by atoms with Gasteiger partial charge in [-0.3, -0.25) is 0 Å². The van der Waals surface area contributed by atoms with Crippen LogP contribution in [-0.4, -0.2) is 4.98 Å². The van der Waals surface area contributed by atoms with Gasteiger partial charge in [-0.1, -0.05) is 28.1 Å². The van der Waals surface area contributed by atoms with E-state index in [-0.39, 0.29) is 0 Å². The lowest BCUT2D eigenvalue weighted by Gasteiger charge is -1.95. The lowest BCUT2D eigenvalue weighted by Crippen LogP contribution is -1.73. The maximum absolute atomic E-state index is 4.23. The molecule has 0 bridgehead atoms. The maximum atomic E-state index is 4.23. The van der Waals surface area contributed by atoms with E-state index in [0.717, 1.165) is 9.48 Å². The van der Waals surface area contributed by atoms with Gasteiger partial charge in [-0.05, 0) is 12.1 Å². The van der Waals surface area contributed by atoms with Crippen molar-refractivity contribution in [3.8, 4) is 10.6 Å². The highest BCUT2D eigenvalue weighted by atomic mass is 79.9. The molecule has 0 atom stereocenters. The summed E-state index contributed by atoms with van der Waals surface area (Å²) >= 11 is 5.08. The van der Waals surface area contributed by atoms with Gasteiger partial charge in [-0.2, -0.15) is 0 Å². The van der Waals surface area contributed by atoms with Gasteiger partial charge in [-0.15, -0.1) is 11.3 Å². The Bertz CT molecular complexity index is 370. The highest BCUT2D eigenvalue weighted by molar-refractivity contribution is 9.10. The van der Waals surface area contributed by atoms with Crippen LogP contribution in [0, 0.1) is 0 Å². The number of hydrogen-bond acceptors (Lipinski definition) is 2. The highest BCUT2D eigenvalue weighted by Gasteiger charge is 1.98. The van der Waals surface area contributed by atoms with Crippen molar-refractivity contribution in [3.63, 3.8) is 0 Å². The van der Waals surface area contributed by atoms with E-state index >= 15 is 0 Å². The predicted octanol–water partition coefficient (Wildman–Crippen LogP) is 3.57. The molecule has 0 aliphatic rings. The van der Waals surface area contributed by atoms with Crippen molar-refractivity contribution in [1.29, 1.82) is 0 Å². The average Bonchev–Trinajstić information content (AvgIpc) is 2.56. The van der Waals surface area contributed by atoms with Crippen LogP contribution in [0.3, 0.4) is 0 Å². The Labute approximate surface area is 83.2 Å². The van der Waals surface area contributed by atoms with E-state index in [9.17, 15) is 0 Å². The second-order valence-electron chi connectivity index (χ2n) is 2.35. The third-order valence-electron chi connectivity index (χ3n) is 1.50.